The average molecular weight is 443 g/mol. The van der Waals surface area contributed by atoms with Crippen molar-refractivity contribution in [2.75, 3.05) is 23.4 Å². The normalized spacial score (nSPS) is 15.5. The number of amides is 2. The minimum absolute atomic E-state index is 0. The number of halogens is 2. The number of benzene rings is 1. The van der Waals surface area contributed by atoms with Crippen LogP contribution in [-0.4, -0.2) is 40.9 Å². The molecular formula is C19H24Cl2N4O2S. The second-order valence-corrected chi connectivity index (χ2v) is 7.22. The van der Waals surface area contributed by atoms with Gasteiger partial charge >= 0.3 is 0 Å². The molecule has 9 heteroatoms. The molecule has 1 fully saturated rings. The molecule has 0 aliphatic carbocycles. The van der Waals surface area contributed by atoms with Crippen LogP contribution in [0, 0.1) is 0 Å². The van der Waals surface area contributed by atoms with Crippen molar-refractivity contribution in [2.45, 2.75) is 19.0 Å². The number of pyridine rings is 1. The third-order valence-corrected chi connectivity index (χ3v) is 5.18. The Labute approximate surface area is 181 Å². The first kappa shape index (κ1) is 24.2. The van der Waals surface area contributed by atoms with Crippen molar-refractivity contribution in [2.24, 2.45) is 0 Å². The van der Waals surface area contributed by atoms with E-state index in [1.165, 1.54) is 0 Å². The van der Waals surface area contributed by atoms with Crippen molar-refractivity contribution in [1.82, 2.24) is 15.6 Å². The molecule has 0 radical (unpaired) electrons. The monoisotopic (exact) mass is 442 g/mol. The number of thioether (sulfide) groups is 1. The van der Waals surface area contributed by atoms with Crippen LogP contribution in [0.2, 0.25) is 0 Å². The summed E-state index contributed by atoms with van der Waals surface area (Å²) in [5.41, 5.74) is 1.91. The molecule has 1 aliphatic heterocycles. The van der Waals surface area contributed by atoms with Crippen molar-refractivity contribution in [3.8, 4) is 0 Å². The Morgan fingerprint density at radius 1 is 1.18 bits per heavy atom. The first-order valence-electron chi connectivity index (χ1n) is 8.59. The third kappa shape index (κ3) is 7.31. The van der Waals surface area contributed by atoms with Gasteiger partial charge in [-0.15, -0.1) is 24.8 Å². The molecular weight excluding hydrogens is 419 g/mol. The molecule has 0 saturated carbocycles. The van der Waals surface area contributed by atoms with E-state index in [2.05, 4.69) is 20.9 Å². The summed E-state index contributed by atoms with van der Waals surface area (Å²) in [5, 5.41) is 9.08. The topological polar surface area (TPSA) is 83.1 Å². The number of hydrogen-bond acceptors (Lipinski definition) is 5. The van der Waals surface area contributed by atoms with Crippen LogP contribution in [-0.2, 0) is 11.3 Å². The number of rotatable bonds is 6. The van der Waals surface area contributed by atoms with Gasteiger partial charge in [0.25, 0.3) is 5.91 Å². The number of nitrogens with one attached hydrogen (secondary N) is 3. The zero-order chi connectivity index (χ0) is 18.2. The molecule has 1 aromatic heterocycles. The Bertz CT molecular complexity index is 759. The number of aromatic nitrogens is 1. The maximum atomic E-state index is 12.5. The van der Waals surface area contributed by atoms with E-state index in [0.717, 1.165) is 23.6 Å². The molecule has 2 aromatic rings. The Kier molecular flexibility index (Phi) is 10.9. The van der Waals surface area contributed by atoms with Crippen LogP contribution < -0.4 is 16.0 Å². The minimum atomic E-state index is -0.226. The van der Waals surface area contributed by atoms with E-state index in [4.69, 9.17) is 0 Å². The highest BCUT2D eigenvalue weighted by atomic mass is 35.5. The summed E-state index contributed by atoms with van der Waals surface area (Å²) in [4.78, 5) is 28.9. The van der Waals surface area contributed by atoms with E-state index < -0.39 is 0 Å². The SMILES string of the molecule is Cl.Cl.O=C(CC1CSCCN1)Nc1ccccc1C(=O)NCc1cccnc1. The quantitative estimate of drug-likeness (QED) is 0.640. The highest BCUT2D eigenvalue weighted by molar-refractivity contribution is 7.99. The Balaban J connectivity index is 0.00000196. The van der Waals surface area contributed by atoms with Crippen molar-refractivity contribution in [3.05, 3.63) is 59.9 Å². The maximum absolute atomic E-state index is 12.5. The number of carbonyl (C=O) groups is 2. The molecule has 0 bridgehead atoms. The van der Waals surface area contributed by atoms with E-state index in [1.54, 1.807) is 30.6 Å². The largest absolute Gasteiger partial charge is 0.348 e. The van der Waals surface area contributed by atoms with Crippen LogP contribution in [0.25, 0.3) is 0 Å². The van der Waals surface area contributed by atoms with Gasteiger partial charge < -0.3 is 16.0 Å². The number of anilines is 1. The van der Waals surface area contributed by atoms with Crippen molar-refractivity contribution >= 4 is 54.1 Å². The van der Waals surface area contributed by atoms with Gasteiger partial charge in [-0.1, -0.05) is 18.2 Å². The Morgan fingerprint density at radius 2 is 2.00 bits per heavy atom. The molecule has 1 saturated heterocycles. The number of hydrogen-bond donors (Lipinski definition) is 3. The van der Waals surface area contributed by atoms with Crippen LogP contribution in [0.4, 0.5) is 5.69 Å². The standard InChI is InChI=1S/C19H22N4O2S.2ClH/c24-18(10-15-13-26-9-8-21-15)23-17-6-2-1-5-16(17)19(25)22-12-14-4-3-7-20-11-14;;/h1-7,11,15,21H,8-10,12-13H2,(H,22,25)(H,23,24);2*1H. The molecule has 3 rings (SSSR count). The maximum Gasteiger partial charge on any atom is 0.253 e. The first-order valence-corrected chi connectivity index (χ1v) is 9.75. The van der Waals surface area contributed by atoms with E-state index in [-0.39, 0.29) is 42.7 Å². The Morgan fingerprint density at radius 3 is 2.71 bits per heavy atom. The van der Waals surface area contributed by atoms with Crippen LogP contribution in [0.5, 0.6) is 0 Å². The summed E-state index contributed by atoms with van der Waals surface area (Å²) in [6, 6.07) is 11.0. The van der Waals surface area contributed by atoms with Gasteiger partial charge in [0.15, 0.2) is 0 Å². The molecule has 3 N–H and O–H groups in total. The van der Waals surface area contributed by atoms with Gasteiger partial charge in [0.2, 0.25) is 5.91 Å². The second-order valence-electron chi connectivity index (χ2n) is 6.07. The van der Waals surface area contributed by atoms with Gasteiger partial charge in [0.05, 0.1) is 11.3 Å². The lowest BCUT2D eigenvalue weighted by molar-refractivity contribution is -0.116. The van der Waals surface area contributed by atoms with E-state index >= 15 is 0 Å². The van der Waals surface area contributed by atoms with Gasteiger partial charge in [0.1, 0.15) is 0 Å². The van der Waals surface area contributed by atoms with Gasteiger partial charge in [-0.2, -0.15) is 11.8 Å². The van der Waals surface area contributed by atoms with Crippen LogP contribution >= 0.6 is 36.6 Å². The minimum Gasteiger partial charge on any atom is -0.348 e. The summed E-state index contributed by atoms with van der Waals surface area (Å²) >= 11 is 1.85. The molecule has 2 heterocycles. The fourth-order valence-electron chi connectivity index (χ4n) is 2.75. The van der Waals surface area contributed by atoms with E-state index in [0.29, 0.717) is 24.2 Å². The molecule has 0 spiro atoms. The van der Waals surface area contributed by atoms with Gasteiger partial charge in [-0.25, -0.2) is 0 Å². The molecule has 1 unspecified atom stereocenters. The summed E-state index contributed by atoms with van der Waals surface area (Å²) in [6.07, 6.45) is 3.80. The van der Waals surface area contributed by atoms with Crippen molar-refractivity contribution in [3.63, 3.8) is 0 Å². The predicted octanol–water partition coefficient (Wildman–Crippen LogP) is 2.89. The summed E-state index contributed by atoms with van der Waals surface area (Å²) in [5.74, 6) is 1.70. The van der Waals surface area contributed by atoms with Crippen molar-refractivity contribution in [1.29, 1.82) is 0 Å². The molecule has 1 atom stereocenters. The summed E-state index contributed by atoms with van der Waals surface area (Å²) in [7, 11) is 0. The fraction of sp³-hybridized carbons (Fsp3) is 0.316. The first-order chi connectivity index (χ1) is 12.7. The number of carbonyl (C=O) groups excluding carboxylic acids is 2. The molecule has 6 nitrogen and oxygen atoms in total. The van der Waals surface area contributed by atoms with Crippen molar-refractivity contribution < 1.29 is 9.59 Å². The zero-order valence-corrected chi connectivity index (χ0v) is 17.7. The van der Waals surface area contributed by atoms with E-state index in [1.807, 2.05) is 30.0 Å². The van der Waals surface area contributed by atoms with E-state index in [9.17, 15) is 9.59 Å². The van der Waals surface area contributed by atoms with Gasteiger partial charge in [0, 0.05) is 49.5 Å². The lowest BCUT2D eigenvalue weighted by Gasteiger charge is -2.22. The second kappa shape index (κ2) is 12.6. The molecule has 1 aromatic carbocycles. The smallest absolute Gasteiger partial charge is 0.253 e. The highest BCUT2D eigenvalue weighted by Crippen LogP contribution is 2.17. The lowest BCUT2D eigenvalue weighted by Crippen LogP contribution is -2.40. The van der Waals surface area contributed by atoms with Gasteiger partial charge in [-0.05, 0) is 23.8 Å². The molecule has 28 heavy (non-hydrogen) atoms. The Hall–Kier alpha value is -1.80. The van der Waals surface area contributed by atoms with Gasteiger partial charge in [-0.3, -0.25) is 14.6 Å². The lowest BCUT2D eigenvalue weighted by atomic mass is 10.1. The summed E-state index contributed by atoms with van der Waals surface area (Å²) in [6.45, 7) is 1.31. The van der Waals surface area contributed by atoms with Crippen LogP contribution in [0.3, 0.4) is 0 Å². The molecule has 152 valence electrons. The highest BCUT2D eigenvalue weighted by Gasteiger charge is 2.18. The zero-order valence-electron chi connectivity index (χ0n) is 15.2. The molecule has 1 aliphatic rings. The molecule has 2 amide bonds. The third-order valence-electron chi connectivity index (χ3n) is 4.05. The number of nitrogens with zero attached hydrogens (tertiary/aromatic N) is 1. The average Bonchev–Trinajstić information content (AvgIpc) is 2.68. The van der Waals surface area contributed by atoms with Crippen LogP contribution in [0.1, 0.15) is 22.3 Å². The van der Waals surface area contributed by atoms with Crippen LogP contribution in [0.15, 0.2) is 48.8 Å². The number of para-hydroxylation sites is 1. The fourth-order valence-corrected chi connectivity index (χ4v) is 3.70. The summed E-state index contributed by atoms with van der Waals surface area (Å²) < 4.78 is 0. The predicted molar refractivity (Wildman–Crippen MR) is 119 cm³/mol.